The average Bonchev–Trinajstić information content (AvgIpc) is 3.14. The zero-order valence-corrected chi connectivity index (χ0v) is 16.1. The lowest BCUT2D eigenvalue weighted by molar-refractivity contribution is -0.131. The molecule has 9 nitrogen and oxygen atoms in total. The number of fused-ring (bicyclic) bond motifs is 1. The Morgan fingerprint density at radius 3 is 2.48 bits per heavy atom. The molecule has 0 aromatic heterocycles. The smallest absolute Gasteiger partial charge is 0.239 e. The summed E-state index contributed by atoms with van der Waals surface area (Å²) in [5, 5.41) is 0. The van der Waals surface area contributed by atoms with Crippen LogP contribution in [0.5, 0.6) is 11.5 Å². The van der Waals surface area contributed by atoms with E-state index in [0.717, 1.165) is 0 Å². The summed E-state index contributed by atoms with van der Waals surface area (Å²) < 4.78 is 19.4. The van der Waals surface area contributed by atoms with Crippen molar-refractivity contribution in [2.24, 2.45) is 11.5 Å². The first-order chi connectivity index (χ1) is 12.9. The van der Waals surface area contributed by atoms with Crippen molar-refractivity contribution in [1.82, 2.24) is 4.90 Å². The van der Waals surface area contributed by atoms with Gasteiger partial charge in [-0.2, -0.15) is 0 Å². The standard InChI is InChI=1S/C15H21N3O4.C3H8O2/c1-18(15(20)11(17)3-2-6-16)8-12(19)10-4-5-13-14(7-10)22-9-21-13;1-4-3-5-2/h4-5,7,11H,2-3,6,8-9,16-17H2,1H3;3H2,1-2H3. The van der Waals surface area contributed by atoms with Gasteiger partial charge in [-0.25, -0.2) is 0 Å². The van der Waals surface area contributed by atoms with Crippen LogP contribution in [0.1, 0.15) is 23.2 Å². The fourth-order valence-electron chi connectivity index (χ4n) is 2.32. The van der Waals surface area contributed by atoms with E-state index in [2.05, 4.69) is 9.47 Å². The Hall–Kier alpha value is -2.20. The molecule has 1 heterocycles. The molecule has 1 aliphatic heterocycles. The van der Waals surface area contributed by atoms with E-state index in [4.69, 9.17) is 20.9 Å². The summed E-state index contributed by atoms with van der Waals surface area (Å²) in [5.41, 5.74) is 11.7. The highest BCUT2D eigenvalue weighted by molar-refractivity contribution is 6.00. The number of ether oxygens (including phenoxy) is 4. The van der Waals surface area contributed by atoms with Crippen LogP contribution in [0, 0.1) is 0 Å². The Labute approximate surface area is 159 Å². The van der Waals surface area contributed by atoms with Crippen LogP contribution < -0.4 is 20.9 Å². The Morgan fingerprint density at radius 1 is 1.22 bits per heavy atom. The van der Waals surface area contributed by atoms with E-state index < -0.39 is 6.04 Å². The molecular formula is C18H29N3O6. The molecule has 0 radical (unpaired) electrons. The minimum absolute atomic E-state index is 0.0329. The first-order valence-corrected chi connectivity index (χ1v) is 8.55. The molecular weight excluding hydrogens is 354 g/mol. The third-order valence-electron chi connectivity index (χ3n) is 3.72. The molecule has 0 saturated heterocycles. The molecule has 2 rings (SSSR count). The Balaban J connectivity index is 0.000000646. The van der Waals surface area contributed by atoms with Gasteiger partial charge in [0, 0.05) is 26.8 Å². The Morgan fingerprint density at radius 2 is 1.89 bits per heavy atom. The van der Waals surface area contributed by atoms with Crippen molar-refractivity contribution in [2.45, 2.75) is 18.9 Å². The second-order valence-electron chi connectivity index (χ2n) is 5.92. The van der Waals surface area contributed by atoms with Gasteiger partial charge in [0.25, 0.3) is 0 Å². The molecule has 9 heteroatoms. The number of rotatable bonds is 9. The average molecular weight is 383 g/mol. The summed E-state index contributed by atoms with van der Waals surface area (Å²) in [6.45, 7) is 0.997. The van der Waals surface area contributed by atoms with E-state index >= 15 is 0 Å². The van der Waals surface area contributed by atoms with Crippen molar-refractivity contribution in [3.05, 3.63) is 23.8 Å². The predicted molar refractivity (Wildman–Crippen MR) is 99.7 cm³/mol. The summed E-state index contributed by atoms with van der Waals surface area (Å²) in [6, 6.07) is 4.34. The second kappa shape index (κ2) is 12.2. The summed E-state index contributed by atoms with van der Waals surface area (Å²) >= 11 is 0. The Kier molecular flexibility index (Phi) is 10.3. The first-order valence-electron chi connectivity index (χ1n) is 8.55. The van der Waals surface area contributed by atoms with Crippen molar-refractivity contribution in [3.8, 4) is 11.5 Å². The number of methoxy groups -OCH3 is 2. The SMILES string of the molecule is CN(CC(=O)c1ccc2c(c1)OCO2)C(=O)C(N)CCCN.COCOC. The number of likely N-dealkylation sites (N-methyl/N-ethyl adjacent to an activating group) is 1. The van der Waals surface area contributed by atoms with Crippen molar-refractivity contribution in [2.75, 3.05) is 47.9 Å². The molecule has 0 fully saturated rings. The quantitative estimate of drug-likeness (QED) is 0.462. The van der Waals surface area contributed by atoms with Gasteiger partial charge in [0.05, 0.1) is 12.6 Å². The van der Waals surface area contributed by atoms with Crippen molar-refractivity contribution in [3.63, 3.8) is 0 Å². The summed E-state index contributed by atoms with van der Waals surface area (Å²) in [5.74, 6) is 0.715. The number of carbonyl (C=O) groups is 2. The lowest BCUT2D eigenvalue weighted by Gasteiger charge is -2.20. The fourth-order valence-corrected chi connectivity index (χ4v) is 2.32. The minimum Gasteiger partial charge on any atom is -0.454 e. The van der Waals surface area contributed by atoms with Crippen LogP contribution in [-0.4, -0.2) is 70.6 Å². The van der Waals surface area contributed by atoms with Crippen LogP contribution in [0.25, 0.3) is 0 Å². The molecule has 152 valence electrons. The first kappa shape index (κ1) is 22.8. The van der Waals surface area contributed by atoms with Gasteiger partial charge >= 0.3 is 0 Å². The van der Waals surface area contributed by atoms with Crippen molar-refractivity contribution >= 4 is 11.7 Å². The zero-order valence-electron chi connectivity index (χ0n) is 16.1. The summed E-state index contributed by atoms with van der Waals surface area (Å²) in [6.07, 6.45) is 1.19. The van der Waals surface area contributed by atoms with Gasteiger partial charge in [-0.05, 0) is 37.6 Å². The molecule has 0 bridgehead atoms. The van der Waals surface area contributed by atoms with E-state index in [1.54, 1.807) is 39.5 Å². The maximum absolute atomic E-state index is 12.2. The number of carbonyl (C=O) groups excluding carboxylic acids is 2. The lowest BCUT2D eigenvalue weighted by atomic mass is 10.1. The van der Waals surface area contributed by atoms with Crippen LogP contribution >= 0.6 is 0 Å². The van der Waals surface area contributed by atoms with Gasteiger partial charge in [-0.3, -0.25) is 9.59 Å². The van der Waals surface area contributed by atoms with Crippen LogP contribution in [0.3, 0.4) is 0 Å². The maximum Gasteiger partial charge on any atom is 0.239 e. The lowest BCUT2D eigenvalue weighted by Crippen LogP contribution is -2.43. The van der Waals surface area contributed by atoms with Gasteiger partial charge in [-0.15, -0.1) is 0 Å². The van der Waals surface area contributed by atoms with Gasteiger partial charge < -0.3 is 35.3 Å². The highest BCUT2D eigenvalue weighted by Gasteiger charge is 2.21. The van der Waals surface area contributed by atoms with Crippen LogP contribution in [0.4, 0.5) is 0 Å². The van der Waals surface area contributed by atoms with E-state index in [1.165, 1.54) is 4.90 Å². The summed E-state index contributed by atoms with van der Waals surface area (Å²) in [7, 11) is 4.74. The number of nitrogens with two attached hydrogens (primary N) is 2. The fraction of sp³-hybridized carbons (Fsp3) is 0.556. The van der Waals surface area contributed by atoms with Crippen molar-refractivity contribution < 1.29 is 28.5 Å². The number of Topliss-reactive ketones (excluding diaryl/α,β-unsaturated/α-hetero) is 1. The number of nitrogens with zero attached hydrogens (tertiary/aromatic N) is 1. The molecule has 0 spiro atoms. The van der Waals surface area contributed by atoms with E-state index in [1.807, 2.05) is 0 Å². The molecule has 1 aliphatic rings. The van der Waals surface area contributed by atoms with E-state index in [9.17, 15) is 9.59 Å². The number of benzene rings is 1. The topological polar surface area (TPSA) is 126 Å². The van der Waals surface area contributed by atoms with E-state index in [-0.39, 0.29) is 25.0 Å². The van der Waals surface area contributed by atoms with Gasteiger partial charge in [0.2, 0.25) is 12.7 Å². The highest BCUT2D eigenvalue weighted by Crippen LogP contribution is 2.32. The highest BCUT2D eigenvalue weighted by atomic mass is 16.7. The molecule has 1 atom stereocenters. The molecule has 1 amide bonds. The molecule has 0 saturated carbocycles. The number of hydrogen-bond donors (Lipinski definition) is 2. The molecule has 1 unspecified atom stereocenters. The van der Waals surface area contributed by atoms with Crippen LogP contribution in [0.15, 0.2) is 18.2 Å². The number of amides is 1. The summed E-state index contributed by atoms with van der Waals surface area (Å²) in [4.78, 5) is 25.7. The molecule has 4 N–H and O–H groups in total. The monoisotopic (exact) mass is 383 g/mol. The maximum atomic E-state index is 12.2. The van der Waals surface area contributed by atoms with Gasteiger partial charge in [0.15, 0.2) is 17.3 Å². The molecule has 0 aliphatic carbocycles. The minimum atomic E-state index is -0.627. The number of hydrogen-bond acceptors (Lipinski definition) is 8. The zero-order chi connectivity index (χ0) is 20.2. The largest absolute Gasteiger partial charge is 0.454 e. The second-order valence-corrected chi connectivity index (χ2v) is 5.92. The molecule has 1 aromatic rings. The van der Waals surface area contributed by atoms with E-state index in [0.29, 0.717) is 43.2 Å². The third kappa shape index (κ3) is 7.51. The van der Waals surface area contributed by atoms with Crippen LogP contribution in [-0.2, 0) is 14.3 Å². The predicted octanol–water partition coefficient (Wildman–Crippen LogP) is 0.359. The van der Waals surface area contributed by atoms with Gasteiger partial charge in [0.1, 0.15) is 6.79 Å². The van der Waals surface area contributed by atoms with Crippen LogP contribution in [0.2, 0.25) is 0 Å². The molecule has 1 aromatic carbocycles. The normalized spacial score (nSPS) is 12.8. The molecule has 27 heavy (non-hydrogen) atoms. The third-order valence-corrected chi connectivity index (χ3v) is 3.72. The van der Waals surface area contributed by atoms with Gasteiger partial charge in [-0.1, -0.05) is 0 Å². The number of ketones is 1. The Bertz CT molecular complexity index is 609. The van der Waals surface area contributed by atoms with Crippen molar-refractivity contribution in [1.29, 1.82) is 0 Å².